The lowest BCUT2D eigenvalue weighted by Crippen LogP contribution is -2.48. The maximum Gasteiger partial charge on any atom is 0.274 e. The first-order valence-electron chi connectivity index (χ1n) is 10.1. The fraction of sp³-hybridized carbons (Fsp3) is 0.273. The van der Waals surface area contributed by atoms with Gasteiger partial charge in [0, 0.05) is 48.7 Å². The third-order valence-corrected chi connectivity index (χ3v) is 5.76. The fourth-order valence-corrected chi connectivity index (χ4v) is 3.88. The van der Waals surface area contributed by atoms with Crippen LogP contribution in [-0.2, 0) is 6.54 Å². The van der Waals surface area contributed by atoms with Gasteiger partial charge in [-0.25, -0.2) is 4.98 Å². The van der Waals surface area contributed by atoms with Crippen molar-refractivity contribution in [2.75, 3.05) is 26.2 Å². The molecule has 1 aliphatic heterocycles. The minimum Gasteiger partial charge on any atom is -0.338 e. The first-order valence-corrected chi connectivity index (χ1v) is 10.5. The number of fused-ring (bicyclic) bond motifs is 1. The minimum absolute atomic E-state index is 0.0365. The average Bonchev–Trinajstić information content (AvgIpc) is 3.42. The molecule has 0 unspecified atom stereocenters. The van der Waals surface area contributed by atoms with Crippen LogP contribution in [0.5, 0.6) is 0 Å². The molecule has 4 aromatic rings. The number of pyridine rings is 1. The molecular formula is C22H21ClN6O2. The first kappa shape index (κ1) is 19.7. The lowest BCUT2D eigenvalue weighted by Gasteiger charge is -2.33. The van der Waals surface area contributed by atoms with Crippen LogP contribution in [-0.4, -0.2) is 61.4 Å². The van der Waals surface area contributed by atoms with Crippen LogP contribution in [0.3, 0.4) is 0 Å². The number of hydrogen-bond acceptors (Lipinski definition) is 6. The monoisotopic (exact) mass is 436 g/mol. The number of hydrogen-bond donors (Lipinski definition) is 0. The van der Waals surface area contributed by atoms with Gasteiger partial charge in [0.25, 0.3) is 5.91 Å². The highest BCUT2D eigenvalue weighted by molar-refractivity contribution is 6.30. The summed E-state index contributed by atoms with van der Waals surface area (Å²) in [6.45, 7) is 5.27. The van der Waals surface area contributed by atoms with E-state index in [9.17, 15) is 4.79 Å². The van der Waals surface area contributed by atoms with Crippen molar-refractivity contribution in [1.82, 2.24) is 29.3 Å². The zero-order valence-corrected chi connectivity index (χ0v) is 17.8. The normalized spacial score (nSPS) is 15.0. The SMILES string of the molecule is Cc1cccc2nc(C(=O)N3CCN(Cc4nc(-c5ccc(Cl)cc5)no4)CC3)cn12. The van der Waals surface area contributed by atoms with Gasteiger partial charge in [0.15, 0.2) is 0 Å². The van der Waals surface area contributed by atoms with Gasteiger partial charge in [-0.1, -0.05) is 22.8 Å². The molecule has 1 aromatic carbocycles. The van der Waals surface area contributed by atoms with Crippen molar-refractivity contribution in [3.63, 3.8) is 0 Å². The van der Waals surface area contributed by atoms with Gasteiger partial charge in [-0.05, 0) is 43.3 Å². The van der Waals surface area contributed by atoms with Crippen molar-refractivity contribution in [1.29, 1.82) is 0 Å². The summed E-state index contributed by atoms with van der Waals surface area (Å²) in [6.07, 6.45) is 1.82. The molecule has 5 rings (SSSR count). The van der Waals surface area contributed by atoms with Gasteiger partial charge in [0.2, 0.25) is 11.7 Å². The van der Waals surface area contributed by atoms with E-state index < -0.39 is 0 Å². The van der Waals surface area contributed by atoms with Crippen LogP contribution in [0.25, 0.3) is 17.0 Å². The Bertz CT molecular complexity index is 1220. The van der Waals surface area contributed by atoms with Gasteiger partial charge in [-0.2, -0.15) is 4.98 Å². The molecule has 1 amide bonds. The number of carbonyl (C=O) groups is 1. The van der Waals surface area contributed by atoms with E-state index in [2.05, 4.69) is 20.0 Å². The van der Waals surface area contributed by atoms with Gasteiger partial charge in [0.1, 0.15) is 11.3 Å². The second-order valence-corrected chi connectivity index (χ2v) is 8.04. The smallest absolute Gasteiger partial charge is 0.274 e. The molecule has 0 bridgehead atoms. The van der Waals surface area contributed by atoms with Gasteiger partial charge >= 0.3 is 0 Å². The maximum absolute atomic E-state index is 12.9. The molecule has 31 heavy (non-hydrogen) atoms. The van der Waals surface area contributed by atoms with E-state index in [1.54, 1.807) is 12.1 Å². The van der Waals surface area contributed by atoms with Crippen molar-refractivity contribution >= 4 is 23.2 Å². The Morgan fingerprint density at radius 3 is 2.58 bits per heavy atom. The molecule has 0 radical (unpaired) electrons. The van der Waals surface area contributed by atoms with E-state index in [0.29, 0.717) is 42.1 Å². The Labute approximate surface area is 184 Å². The zero-order valence-electron chi connectivity index (χ0n) is 17.0. The molecule has 1 saturated heterocycles. The summed E-state index contributed by atoms with van der Waals surface area (Å²) >= 11 is 5.93. The highest BCUT2D eigenvalue weighted by atomic mass is 35.5. The summed E-state index contributed by atoms with van der Waals surface area (Å²) in [7, 11) is 0. The van der Waals surface area contributed by atoms with Crippen LogP contribution in [0, 0.1) is 6.92 Å². The Hall–Kier alpha value is -3.23. The number of halogens is 1. The first-order chi connectivity index (χ1) is 15.1. The lowest BCUT2D eigenvalue weighted by molar-refractivity contribution is 0.0610. The third kappa shape index (κ3) is 4.04. The van der Waals surface area contributed by atoms with Crippen LogP contribution < -0.4 is 0 Å². The molecule has 158 valence electrons. The predicted molar refractivity (Wildman–Crippen MR) is 116 cm³/mol. The Morgan fingerprint density at radius 1 is 1.06 bits per heavy atom. The summed E-state index contributed by atoms with van der Waals surface area (Å²) in [5, 5.41) is 4.73. The lowest BCUT2D eigenvalue weighted by atomic mass is 10.2. The molecule has 3 aromatic heterocycles. The average molecular weight is 437 g/mol. The number of rotatable bonds is 4. The molecule has 0 saturated carbocycles. The molecule has 4 heterocycles. The highest BCUT2D eigenvalue weighted by Crippen LogP contribution is 2.19. The summed E-state index contributed by atoms with van der Waals surface area (Å²) in [5.41, 5.74) is 3.17. The Kier molecular flexibility index (Phi) is 5.17. The molecule has 1 fully saturated rings. The van der Waals surface area contributed by atoms with E-state index >= 15 is 0 Å². The van der Waals surface area contributed by atoms with Crippen LogP contribution in [0.4, 0.5) is 0 Å². The van der Waals surface area contributed by atoms with Crippen LogP contribution in [0.1, 0.15) is 22.1 Å². The largest absolute Gasteiger partial charge is 0.338 e. The number of benzene rings is 1. The van der Waals surface area contributed by atoms with E-state index in [0.717, 1.165) is 30.0 Å². The number of aromatic nitrogens is 4. The fourth-order valence-electron chi connectivity index (χ4n) is 3.75. The van der Waals surface area contributed by atoms with Gasteiger partial charge in [-0.15, -0.1) is 0 Å². The Morgan fingerprint density at radius 2 is 1.84 bits per heavy atom. The molecule has 8 nitrogen and oxygen atoms in total. The maximum atomic E-state index is 12.9. The molecule has 0 spiro atoms. The summed E-state index contributed by atoms with van der Waals surface area (Å²) in [6, 6.07) is 13.2. The van der Waals surface area contributed by atoms with Gasteiger partial charge in [0.05, 0.1) is 6.54 Å². The number of carbonyl (C=O) groups excluding carboxylic acids is 1. The molecule has 1 aliphatic rings. The second-order valence-electron chi connectivity index (χ2n) is 7.61. The van der Waals surface area contributed by atoms with Crippen molar-refractivity contribution in [2.24, 2.45) is 0 Å². The van der Waals surface area contributed by atoms with Gasteiger partial charge < -0.3 is 13.8 Å². The zero-order chi connectivity index (χ0) is 21.4. The van der Waals surface area contributed by atoms with Gasteiger partial charge in [-0.3, -0.25) is 9.69 Å². The molecule has 0 aliphatic carbocycles. The van der Waals surface area contributed by atoms with E-state index in [1.165, 1.54) is 0 Å². The molecule has 0 N–H and O–H groups in total. The highest BCUT2D eigenvalue weighted by Gasteiger charge is 2.25. The van der Waals surface area contributed by atoms with Crippen molar-refractivity contribution < 1.29 is 9.32 Å². The number of aryl methyl sites for hydroxylation is 1. The van der Waals surface area contributed by atoms with E-state index in [4.69, 9.17) is 16.1 Å². The standard InChI is InChI=1S/C22H21ClN6O2/c1-15-3-2-4-19-24-18(13-29(15)19)22(30)28-11-9-27(10-12-28)14-20-25-21(26-31-20)16-5-7-17(23)8-6-16/h2-8,13H,9-12,14H2,1H3. The summed E-state index contributed by atoms with van der Waals surface area (Å²) in [4.78, 5) is 25.9. The van der Waals surface area contributed by atoms with Crippen LogP contribution in [0.2, 0.25) is 5.02 Å². The molecular weight excluding hydrogens is 416 g/mol. The number of imidazole rings is 1. The van der Waals surface area contributed by atoms with Crippen molar-refractivity contribution in [2.45, 2.75) is 13.5 Å². The van der Waals surface area contributed by atoms with Crippen LogP contribution >= 0.6 is 11.6 Å². The van der Waals surface area contributed by atoms with Crippen LogP contribution in [0.15, 0.2) is 53.2 Å². The van der Waals surface area contributed by atoms with Crippen molar-refractivity contribution in [3.05, 3.63) is 71.0 Å². The van der Waals surface area contributed by atoms with Crippen molar-refractivity contribution in [3.8, 4) is 11.4 Å². The molecule has 9 heteroatoms. The van der Waals surface area contributed by atoms with E-state index in [-0.39, 0.29) is 5.91 Å². The number of piperazine rings is 1. The molecule has 0 atom stereocenters. The third-order valence-electron chi connectivity index (χ3n) is 5.50. The topological polar surface area (TPSA) is 79.8 Å². The summed E-state index contributed by atoms with van der Waals surface area (Å²) in [5.74, 6) is 1.06. The summed E-state index contributed by atoms with van der Waals surface area (Å²) < 4.78 is 7.35. The van der Waals surface area contributed by atoms with E-state index in [1.807, 2.05) is 52.8 Å². The Balaban J connectivity index is 1.20. The minimum atomic E-state index is -0.0365. The quantitative estimate of drug-likeness (QED) is 0.488. The second kappa shape index (κ2) is 8.13. The number of amides is 1. The predicted octanol–water partition coefficient (Wildman–Crippen LogP) is 3.30. The number of nitrogens with zero attached hydrogens (tertiary/aromatic N) is 6.